The summed E-state index contributed by atoms with van der Waals surface area (Å²) in [6, 6.07) is 10.8. The van der Waals surface area contributed by atoms with Crippen LogP contribution in [0.15, 0.2) is 57.9 Å². The normalized spacial score (nSPS) is 17.0. The first-order chi connectivity index (χ1) is 14.6. The number of carbonyl (C=O) groups is 2. The van der Waals surface area contributed by atoms with Crippen LogP contribution >= 0.6 is 0 Å². The zero-order valence-corrected chi connectivity index (χ0v) is 16.7. The molecule has 0 bridgehead atoms. The van der Waals surface area contributed by atoms with Crippen molar-refractivity contribution in [1.82, 2.24) is 25.3 Å². The van der Waals surface area contributed by atoms with Gasteiger partial charge in [0.2, 0.25) is 23.5 Å². The molecule has 1 aliphatic heterocycles. The Labute approximate surface area is 173 Å². The monoisotopic (exact) mass is 409 g/mol. The summed E-state index contributed by atoms with van der Waals surface area (Å²) in [4.78, 5) is 33.1. The van der Waals surface area contributed by atoms with E-state index in [4.69, 9.17) is 8.94 Å². The zero-order chi connectivity index (χ0) is 20.9. The number of nitrogens with one attached hydrogen (secondary N) is 1. The van der Waals surface area contributed by atoms with E-state index in [-0.39, 0.29) is 24.8 Å². The minimum absolute atomic E-state index is 0.0693. The Morgan fingerprint density at radius 1 is 1.30 bits per heavy atom. The lowest BCUT2D eigenvalue weighted by Crippen LogP contribution is -2.56. The van der Waals surface area contributed by atoms with Crippen LogP contribution in [-0.4, -0.2) is 57.9 Å². The second-order valence-corrected chi connectivity index (χ2v) is 7.24. The van der Waals surface area contributed by atoms with Crippen molar-refractivity contribution in [2.24, 2.45) is 0 Å². The number of aromatic nitrogens is 2. The molecule has 1 aliphatic rings. The largest absolute Gasteiger partial charge is 0.472 e. The van der Waals surface area contributed by atoms with Crippen molar-refractivity contribution < 1.29 is 18.5 Å². The van der Waals surface area contributed by atoms with Crippen molar-refractivity contribution in [1.29, 1.82) is 0 Å². The number of hydrogen-bond acceptors (Lipinski definition) is 7. The number of nitrogens with zero attached hydrogens (tertiary/aromatic N) is 4. The molecule has 1 saturated heterocycles. The SMILES string of the molecule is CN(Cc1nc(-c2ccccc2)no1)C(=O)C[C@H]1C(=O)NCCN1Cc1ccoc1. The lowest BCUT2D eigenvalue weighted by atomic mass is 10.1. The van der Waals surface area contributed by atoms with Gasteiger partial charge in [-0.25, -0.2) is 0 Å². The smallest absolute Gasteiger partial charge is 0.246 e. The molecule has 30 heavy (non-hydrogen) atoms. The van der Waals surface area contributed by atoms with E-state index in [0.29, 0.717) is 31.3 Å². The van der Waals surface area contributed by atoms with Gasteiger partial charge in [0.15, 0.2) is 0 Å². The van der Waals surface area contributed by atoms with Gasteiger partial charge in [0, 0.05) is 37.8 Å². The molecule has 1 fully saturated rings. The number of carbonyl (C=O) groups excluding carboxylic acids is 2. The number of hydrogen-bond donors (Lipinski definition) is 1. The van der Waals surface area contributed by atoms with Gasteiger partial charge in [0.05, 0.1) is 31.5 Å². The third kappa shape index (κ3) is 4.57. The predicted octanol–water partition coefficient (Wildman–Crippen LogP) is 1.68. The second-order valence-electron chi connectivity index (χ2n) is 7.24. The van der Waals surface area contributed by atoms with Crippen LogP contribution in [0.5, 0.6) is 0 Å². The third-order valence-electron chi connectivity index (χ3n) is 5.07. The Balaban J connectivity index is 1.38. The van der Waals surface area contributed by atoms with Crippen LogP contribution in [0.2, 0.25) is 0 Å². The summed E-state index contributed by atoms with van der Waals surface area (Å²) in [5.74, 6) is 0.502. The lowest BCUT2D eigenvalue weighted by molar-refractivity contribution is -0.138. The molecule has 9 nitrogen and oxygen atoms in total. The molecule has 1 N–H and O–H groups in total. The van der Waals surface area contributed by atoms with Crippen molar-refractivity contribution in [3.05, 3.63) is 60.4 Å². The molecular formula is C21H23N5O4. The fourth-order valence-electron chi connectivity index (χ4n) is 3.43. The van der Waals surface area contributed by atoms with Gasteiger partial charge < -0.3 is 19.2 Å². The van der Waals surface area contributed by atoms with E-state index < -0.39 is 6.04 Å². The van der Waals surface area contributed by atoms with Crippen molar-refractivity contribution >= 4 is 11.8 Å². The average molecular weight is 409 g/mol. The summed E-state index contributed by atoms with van der Waals surface area (Å²) >= 11 is 0. The van der Waals surface area contributed by atoms with Gasteiger partial charge in [0.1, 0.15) is 0 Å². The van der Waals surface area contributed by atoms with Gasteiger partial charge in [-0.3, -0.25) is 14.5 Å². The molecule has 9 heteroatoms. The fourth-order valence-corrected chi connectivity index (χ4v) is 3.43. The van der Waals surface area contributed by atoms with Crippen LogP contribution in [0.4, 0.5) is 0 Å². The highest BCUT2D eigenvalue weighted by atomic mass is 16.5. The zero-order valence-electron chi connectivity index (χ0n) is 16.7. The summed E-state index contributed by atoms with van der Waals surface area (Å²) < 4.78 is 10.4. The summed E-state index contributed by atoms with van der Waals surface area (Å²) in [6.07, 6.45) is 3.32. The molecule has 1 atom stereocenters. The highest BCUT2D eigenvalue weighted by molar-refractivity contribution is 5.88. The average Bonchev–Trinajstić information content (AvgIpc) is 3.43. The van der Waals surface area contributed by atoms with Gasteiger partial charge in [-0.2, -0.15) is 4.98 Å². The van der Waals surface area contributed by atoms with E-state index in [9.17, 15) is 9.59 Å². The Kier molecular flexibility index (Phi) is 5.89. The second kappa shape index (κ2) is 8.91. The minimum atomic E-state index is -0.536. The van der Waals surface area contributed by atoms with Crippen LogP contribution in [0.25, 0.3) is 11.4 Å². The predicted molar refractivity (Wildman–Crippen MR) is 107 cm³/mol. The molecule has 156 valence electrons. The maximum Gasteiger partial charge on any atom is 0.246 e. The summed E-state index contributed by atoms with van der Waals surface area (Å²) in [5, 5.41) is 6.82. The van der Waals surface area contributed by atoms with Crippen LogP contribution in [0.1, 0.15) is 17.9 Å². The first-order valence-corrected chi connectivity index (χ1v) is 9.75. The first-order valence-electron chi connectivity index (χ1n) is 9.75. The highest BCUT2D eigenvalue weighted by Gasteiger charge is 2.32. The van der Waals surface area contributed by atoms with Gasteiger partial charge in [-0.15, -0.1) is 0 Å². The van der Waals surface area contributed by atoms with Crippen molar-refractivity contribution in [2.45, 2.75) is 25.6 Å². The van der Waals surface area contributed by atoms with E-state index in [1.807, 2.05) is 41.3 Å². The molecule has 4 rings (SSSR count). The molecule has 0 saturated carbocycles. The number of rotatable bonds is 7. The van der Waals surface area contributed by atoms with Crippen LogP contribution in [-0.2, 0) is 22.7 Å². The maximum atomic E-state index is 12.8. The molecule has 0 spiro atoms. The summed E-state index contributed by atoms with van der Waals surface area (Å²) in [7, 11) is 1.66. The molecule has 3 aromatic rings. The first kappa shape index (κ1) is 19.8. The molecule has 0 unspecified atom stereocenters. The van der Waals surface area contributed by atoms with E-state index in [1.165, 1.54) is 4.90 Å². The van der Waals surface area contributed by atoms with Crippen LogP contribution in [0.3, 0.4) is 0 Å². The molecule has 2 aromatic heterocycles. The van der Waals surface area contributed by atoms with Gasteiger partial charge >= 0.3 is 0 Å². The van der Waals surface area contributed by atoms with Gasteiger partial charge in [-0.1, -0.05) is 35.5 Å². The van der Waals surface area contributed by atoms with E-state index in [2.05, 4.69) is 15.5 Å². The molecule has 3 heterocycles. The van der Waals surface area contributed by atoms with E-state index in [0.717, 1.165) is 11.1 Å². The quantitative estimate of drug-likeness (QED) is 0.633. The minimum Gasteiger partial charge on any atom is -0.472 e. The summed E-state index contributed by atoms with van der Waals surface area (Å²) in [5.41, 5.74) is 1.81. The Morgan fingerprint density at radius 2 is 2.13 bits per heavy atom. The Hall–Kier alpha value is -3.46. The number of amides is 2. The van der Waals surface area contributed by atoms with Gasteiger partial charge in [-0.05, 0) is 6.07 Å². The van der Waals surface area contributed by atoms with E-state index in [1.54, 1.807) is 19.6 Å². The number of piperazine rings is 1. The van der Waals surface area contributed by atoms with E-state index >= 15 is 0 Å². The summed E-state index contributed by atoms with van der Waals surface area (Å²) in [6.45, 7) is 1.95. The standard InChI is InChI=1S/C21H23N5O4/c1-25(13-18-23-20(24-30-18)16-5-3-2-4-6-16)19(27)11-17-21(28)22-8-9-26(17)12-15-7-10-29-14-15/h2-7,10,14,17H,8-9,11-13H2,1H3,(H,22,28)/t17-/m0/s1. The third-order valence-corrected chi connectivity index (χ3v) is 5.07. The molecule has 0 aliphatic carbocycles. The molecular weight excluding hydrogens is 386 g/mol. The molecule has 0 radical (unpaired) electrons. The van der Waals surface area contributed by atoms with Crippen molar-refractivity contribution in [3.8, 4) is 11.4 Å². The highest BCUT2D eigenvalue weighted by Crippen LogP contribution is 2.17. The molecule has 1 aromatic carbocycles. The van der Waals surface area contributed by atoms with Crippen LogP contribution in [0, 0.1) is 0 Å². The fraction of sp³-hybridized carbons (Fsp3) is 0.333. The maximum absolute atomic E-state index is 12.8. The topological polar surface area (TPSA) is 105 Å². The lowest BCUT2D eigenvalue weighted by Gasteiger charge is -2.35. The number of furan rings is 1. The molecule has 2 amide bonds. The number of benzene rings is 1. The van der Waals surface area contributed by atoms with Gasteiger partial charge in [0.25, 0.3) is 0 Å². The Morgan fingerprint density at radius 3 is 2.90 bits per heavy atom. The van der Waals surface area contributed by atoms with Crippen molar-refractivity contribution in [3.63, 3.8) is 0 Å². The van der Waals surface area contributed by atoms with Crippen LogP contribution < -0.4 is 5.32 Å². The Bertz CT molecular complexity index is 986. The van der Waals surface area contributed by atoms with Crippen molar-refractivity contribution in [2.75, 3.05) is 20.1 Å².